The largest absolute Gasteiger partial charge is 0.354 e. The molecule has 1 amide bonds. The third-order valence-corrected chi connectivity index (χ3v) is 3.27. The topological polar surface area (TPSA) is 54.0 Å². The Balaban J connectivity index is 2.02. The molecule has 0 saturated heterocycles. The van der Waals surface area contributed by atoms with Gasteiger partial charge in [0.2, 0.25) is 5.91 Å². The molecule has 1 fully saturated rings. The van der Waals surface area contributed by atoms with Gasteiger partial charge in [-0.15, -0.1) is 0 Å². The van der Waals surface area contributed by atoms with Crippen molar-refractivity contribution in [1.29, 1.82) is 0 Å². The minimum Gasteiger partial charge on any atom is -0.354 e. The van der Waals surface area contributed by atoms with Gasteiger partial charge in [-0.25, -0.2) is 4.98 Å². The van der Waals surface area contributed by atoms with Crippen LogP contribution in [0.1, 0.15) is 24.8 Å². The number of pyridine rings is 1. The summed E-state index contributed by atoms with van der Waals surface area (Å²) in [6, 6.07) is 1.94. The normalized spacial score (nSPS) is 21.3. The number of hydrogen-bond donors (Lipinski definition) is 2. The molecular weight excluding hydrogens is 190 g/mol. The summed E-state index contributed by atoms with van der Waals surface area (Å²) in [6.45, 7) is 1.97. The van der Waals surface area contributed by atoms with Gasteiger partial charge in [0.25, 0.3) is 0 Å². The second-order valence-corrected chi connectivity index (χ2v) is 4.42. The van der Waals surface area contributed by atoms with Crippen LogP contribution in [0.25, 0.3) is 0 Å². The molecule has 0 radical (unpaired) electrons. The minimum atomic E-state index is -0.366. The van der Waals surface area contributed by atoms with E-state index in [1.807, 2.05) is 19.2 Å². The van der Waals surface area contributed by atoms with Crippen LogP contribution in [0.5, 0.6) is 0 Å². The Morgan fingerprint density at radius 3 is 2.93 bits per heavy atom. The number of fused-ring (bicyclic) bond motifs is 1. The van der Waals surface area contributed by atoms with Crippen molar-refractivity contribution < 1.29 is 4.79 Å². The molecular formula is C11H13N3O. The van der Waals surface area contributed by atoms with E-state index in [0.29, 0.717) is 0 Å². The van der Waals surface area contributed by atoms with Gasteiger partial charge in [0.05, 0.1) is 5.69 Å². The minimum absolute atomic E-state index is 0.0913. The molecule has 0 unspecified atom stereocenters. The fourth-order valence-corrected chi connectivity index (χ4v) is 2.17. The van der Waals surface area contributed by atoms with E-state index in [0.717, 1.165) is 36.3 Å². The summed E-state index contributed by atoms with van der Waals surface area (Å²) in [5, 5.41) is 6.19. The van der Waals surface area contributed by atoms with Crippen molar-refractivity contribution in [3.05, 3.63) is 17.8 Å². The highest BCUT2D eigenvalue weighted by atomic mass is 16.2. The summed E-state index contributed by atoms with van der Waals surface area (Å²) in [6.07, 6.45) is 4.75. The molecule has 1 aromatic rings. The lowest BCUT2D eigenvalue weighted by Crippen LogP contribution is -2.57. The summed E-state index contributed by atoms with van der Waals surface area (Å²) in [4.78, 5) is 16.2. The van der Waals surface area contributed by atoms with Gasteiger partial charge in [0.1, 0.15) is 5.54 Å². The summed E-state index contributed by atoms with van der Waals surface area (Å²) in [5.74, 6) is 0.897. The van der Waals surface area contributed by atoms with E-state index < -0.39 is 0 Å². The molecule has 0 atom stereocenters. The van der Waals surface area contributed by atoms with E-state index >= 15 is 0 Å². The maximum absolute atomic E-state index is 11.9. The maximum Gasteiger partial charge on any atom is 0.250 e. The second-order valence-electron chi connectivity index (χ2n) is 4.42. The van der Waals surface area contributed by atoms with Crippen molar-refractivity contribution in [2.24, 2.45) is 0 Å². The lowest BCUT2D eigenvalue weighted by atomic mass is 9.75. The average Bonchev–Trinajstić information content (AvgIpc) is 2.14. The summed E-state index contributed by atoms with van der Waals surface area (Å²) >= 11 is 0. The van der Waals surface area contributed by atoms with E-state index in [1.165, 1.54) is 0 Å². The Kier molecular flexibility index (Phi) is 1.58. The zero-order chi connectivity index (χ0) is 10.5. The number of carbonyl (C=O) groups excluding carboxylic acids is 1. The Morgan fingerprint density at radius 1 is 1.47 bits per heavy atom. The van der Waals surface area contributed by atoms with E-state index in [2.05, 4.69) is 15.6 Å². The van der Waals surface area contributed by atoms with Crippen LogP contribution >= 0.6 is 0 Å². The zero-order valence-corrected chi connectivity index (χ0v) is 8.63. The van der Waals surface area contributed by atoms with Crippen LogP contribution in [-0.2, 0) is 4.79 Å². The van der Waals surface area contributed by atoms with Crippen molar-refractivity contribution in [3.63, 3.8) is 0 Å². The number of amides is 1. The summed E-state index contributed by atoms with van der Waals surface area (Å²) in [7, 11) is 0. The molecule has 1 saturated carbocycles. The SMILES string of the molecule is Cc1cnc2c(c1)NC(=O)C1(CCC1)N2. The molecule has 78 valence electrons. The molecule has 2 heterocycles. The maximum atomic E-state index is 11.9. The molecule has 2 aliphatic rings. The molecule has 15 heavy (non-hydrogen) atoms. The van der Waals surface area contributed by atoms with Gasteiger partial charge >= 0.3 is 0 Å². The van der Waals surface area contributed by atoms with Crippen molar-refractivity contribution >= 4 is 17.4 Å². The summed E-state index contributed by atoms with van der Waals surface area (Å²) < 4.78 is 0. The van der Waals surface area contributed by atoms with Crippen LogP contribution in [0.3, 0.4) is 0 Å². The fraction of sp³-hybridized carbons (Fsp3) is 0.455. The molecule has 4 nitrogen and oxygen atoms in total. The quantitative estimate of drug-likeness (QED) is 0.674. The van der Waals surface area contributed by atoms with Gasteiger partial charge < -0.3 is 10.6 Å². The molecule has 4 heteroatoms. The van der Waals surface area contributed by atoms with Crippen molar-refractivity contribution in [2.45, 2.75) is 31.7 Å². The first kappa shape index (κ1) is 8.71. The number of anilines is 2. The van der Waals surface area contributed by atoms with Crippen molar-refractivity contribution in [3.8, 4) is 0 Å². The number of hydrogen-bond acceptors (Lipinski definition) is 3. The molecule has 2 N–H and O–H groups in total. The third kappa shape index (κ3) is 1.14. The predicted octanol–water partition coefficient (Wildman–Crippen LogP) is 1.68. The Morgan fingerprint density at radius 2 is 2.27 bits per heavy atom. The number of aryl methyl sites for hydroxylation is 1. The highest BCUT2D eigenvalue weighted by Crippen LogP contribution is 2.40. The Hall–Kier alpha value is -1.58. The van der Waals surface area contributed by atoms with Crippen LogP contribution in [0.15, 0.2) is 12.3 Å². The molecule has 1 aromatic heterocycles. The molecule has 0 aromatic carbocycles. The smallest absolute Gasteiger partial charge is 0.250 e. The second kappa shape index (κ2) is 2.72. The van der Waals surface area contributed by atoms with Crippen molar-refractivity contribution in [1.82, 2.24) is 4.98 Å². The van der Waals surface area contributed by atoms with Gasteiger partial charge in [-0.2, -0.15) is 0 Å². The average molecular weight is 203 g/mol. The standard InChI is InChI=1S/C11H13N3O/c1-7-5-8-9(12-6-7)14-11(3-2-4-11)10(15)13-8/h5-6H,2-4H2,1H3,(H,12,14)(H,13,15). The first-order valence-electron chi connectivity index (χ1n) is 5.26. The number of aromatic nitrogens is 1. The number of carbonyl (C=O) groups is 1. The monoisotopic (exact) mass is 203 g/mol. The van der Waals surface area contributed by atoms with Crippen LogP contribution in [-0.4, -0.2) is 16.4 Å². The van der Waals surface area contributed by atoms with Crippen LogP contribution in [0.2, 0.25) is 0 Å². The van der Waals surface area contributed by atoms with Crippen molar-refractivity contribution in [2.75, 3.05) is 10.6 Å². The van der Waals surface area contributed by atoms with Gasteiger partial charge in [-0.05, 0) is 37.8 Å². The Labute approximate surface area is 88.1 Å². The van der Waals surface area contributed by atoms with Gasteiger partial charge in [0.15, 0.2) is 5.82 Å². The Bertz CT molecular complexity index is 437. The van der Waals surface area contributed by atoms with E-state index in [9.17, 15) is 4.79 Å². The van der Waals surface area contributed by atoms with E-state index in [-0.39, 0.29) is 11.4 Å². The lowest BCUT2D eigenvalue weighted by Gasteiger charge is -2.44. The van der Waals surface area contributed by atoms with Crippen LogP contribution in [0.4, 0.5) is 11.5 Å². The van der Waals surface area contributed by atoms with Crippen LogP contribution in [0, 0.1) is 6.92 Å². The fourth-order valence-electron chi connectivity index (χ4n) is 2.17. The first-order chi connectivity index (χ1) is 7.20. The van der Waals surface area contributed by atoms with E-state index in [4.69, 9.17) is 0 Å². The van der Waals surface area contributed by atoms with Gasteiger partial charge in [-0.1, -0.05) is 0 Å². The van der Waals surface area contributed by atoms with Crippen LogP contribution < -0.4 is 10.6 Å². The van der Waals surface area contributed by atoms with E-state index in [1.54, 1.807) is 0 Å². The number of nitrogens with zero attached hydrogens (tertiary/aromatic N) is 1. The first-order valence-corrected chi connectivity index (χ1v) is 5.26. The molecule has 1 aliphatic carbocycles. The molecule has 1 aliphatic heterocycles. The highest BCUT2D eigenvalue weighted by molar-refractivity contribution is 6.05. The molecule has 3 rings (SSSR count). The lowest BCUT2D eigenvalue weighted by molar-refractivity contribution is -0.123. The zero-order valence-electron chi connectivity index (χ0n) is 8.63. The summed E-state index contributed by atoms with van der Waals surface area (Å²) in [5.41, 5.74) is 1.49. The molecule has 1 spiro atoms. The van der Waals surface area contributed by atoms with Gasteiger partial charge in [-0.3, -0.25) is 4.79 Å². The molecule has 0 bridgehead atoms. The van der Waals surface area contributed by atoms with Gasteiger partial charge in [0, 0.05) is 6.20 Å². The number of rotatable bonds is 0. The highest BCUT2D eigenvalue weighted by Gasteiger charge is 2.47. The number of nitrogens with one attached hydrogen (secondary N) is 2. The third-order valence-electron chi connectivity index (χ3n) is 3.27. The predicted molar refractivity (Wildman–Crippen MR) is 57.8 cm³/mol.